The van der Waals surface area contributed by atoms with Crippen LogP contribution in [0.15, 0.2) is 41.2 Å². The largest absolute Gasteiger partial charge is 0.394 e. The summed E-state index contributed by atoms with van der Waals surface area (Å²) in [6, 6.07) is 6.59. The van der Waals surface area contributed by atoms with Crippen LogP contribution in [-0.4, -0.2) is 68.3 Å². The number of aliphatic hydroxyl groups excluding tert-OH is 1. The van der Waals surface area contributed by atoms with E-state index in [1.54, 1.807) is 11.0 Å². The van der Waals surface area contributed by atoms with E-state index >= 15 is 4.39 Å². The molecule has 2 aromatic heterocycles. The van der Waals surface area contributed by atoms with Crippen LogP contribution >= 0.6 is 0 Å². The van der Waals surface area contributed by atoms with Crippen LogP contribution in [0.2, 0.25) is 0 Å². The van der Waals surface area contributed by atoms with E-state index in [4.69, 9.17) is 4.52 Å². The molecule has 2 saturated heterocycles. The summed E-state index contributed by atoms with van der Waals surface area (Å²) >= 11 is 0. The number of aromatic nitrogens is 4. The van der Waals surface area contributed by atoms with Crippen molar-refractivity contribution in [3.8, 4) is 11.1 Å². The smallest absolute Gasteiger partial charge is 0.254 e. The van der Waals surface area contributed by atoms with E-state index in [1.165, 1.54) is 30.6 Å². The standard InChI is InChI=1S/C30H32F2N6O3/c1-17(2)29-35-27(36-41-29)18-7-10-37(11-8-18)28-24-14-20(31)13-23(26(24)33-16-34-28)22-6-5-19(12-25(22)32)30(40)38-9-3-4-21(38)15-39/h5-6,12-14,16-18,21,39H,3-4,7-11,15H2,1-2H3/t21-/m1/s1. The highest BCUT2D eigenvalue weighted by Crippen LogP contribution is 2.36. The van der Waals surface area contributed by atoms with Gasteiger partial charge in [-0.15, -0.1) is 0 Å². The van der Waals surface area contributed by atoms with Crippen molar-refractivity contribution in [3.63, 3.8) is 0 Å². The van der Waals surface area contributed by atoms with Gasteiger partial charge < -0.3 is 19.4 Å². The Morgan fingerprint density at radius 2 is 1.88 bits per heavy atom. The minimum atomic E-state index is -0.649. The van der Waals surface area contributed by atoms with Gasteiger partial charge in [0.2, 0.25) is 5.89 Å². The van der Waals surface area contributed by atoms with Gasteiger partial charge in [0, 0.05) is 53.5 Å². The molecule has 41 heavy (non-hydrogen) atoms. The molecule has 0 radical (unpaired) electrons. The summed E-state index contributed by atoms with van der Waals surface area (Å²) in [5, 5.41) is 14.2. The molecule has 6 rings (SSSR count). The van der Waals surface area contributed by atoms with E-state index in [0.717, 1.165) is 19.3 Å². The lowest BCUT2D eigenvalue weighted by atomic mass is 9.95. The molecule has 1 amide bonds. The van der Waals surface area contributed by atoms with Crippen molar-refractivity contribution in [2.75, 3.05) is 31.1 Å². The number of hydrogen-bond acceptors (Lipinski definition) is 8. The predicted octanol–water partition coefficient (Wildman–Crippen LogP) is 5.06. The van der Waals surface area contributed by atoms with Gasteiger partial charge in [-0.25, -0.2) is 18.7 Å². The summed E-state index contributed by atoms with van der Waals surface area (Å²) in [4.78, 5) is 30.1. The zero-order valence-electron chi connectivity index (χ0n) is 23.1. The highest BCUT2D eigenvalue weighted by molar-refractivity contribution is 6.00. The quantitative estimate of drug-likeness (QED) is 0.347. The van der Waals surface area contributed by atoms with Gasteiger partial charge in [-0.05, 0) is 49.9 Å². The third-order valence-electron chi connectivity index (χ3n) is 8.15. The van der Waals surface area contributed by atoms with Crippen molar-refractivity contribution >= 4 is 22.6 Å². The molecule has 2 aliphatic heterocycles. The van der Waals surface area contributed by atoms with Crippen molar-refractivity contribution in [1.29, 1.82) is 0 Å². The number of benzene rings is 2. The van der Waals surface area contributed by atoms with Crippen LogP contribution in [0.5, 0.6) is 0 Å². The van der Waals surface area contributed by atoms with Crippen LogP contribution in [0.25, 0.3) is 22.0 Å². The summed E-state index contributed by atoms with van der Waals surface area (Å²) in [7, 11) is 0. The van der Waals surface area contributed by atoms with Crippen molar-refractivity contribution in [3.05, 3.63) is 65.6 Å². The predicted molar refractivity (Wildman–Crippen MR) is 149 cm³/mol. The Hall–Kier alpha value is -3.99. The second kappa shape index (κ2) is 11.1. The van der Waals surface area contributed by atoms with Gasteiger partial charge in [0.25, 0.3) is 5.91 Å². The number of nitrogens with zero attached hydrogens (tertiary/aromatic N) is 6. The van der Waals surface area contributed by atoms with Gasteiger partial charge in [0.05, 0.1) is 18.2 Å². The Morgan fingerprint density at radius 3 is 2.59 bits per heavy atom. The summed E-state index contributed by atoms with van der Waals surface area (Å²) < 4.78 is 35.9. The lowest BCUT2D eigenvalue weighted by molar-refractivity contribution is 0.0677. The van der Waals surface area contributed by atoms with E-state index in [9.17, 15) is 14.3 Å². The molecule has 1 N–H and O–H groups in total. The van der Waals surface area contributed by atoms with Crippen molar-refractivity contribution < 1.29 is 23.2 Å². The Morgan fingerprint density at radius 1 is 1.07 bits per heavy atom. The third kappa shape index (κ3) is 5.14. The van der Waals surface area contributed by atoms with Gasteiger partial charge in [-0.1, -0.05) is 25.1 Å². The maximum atomic E-state index is 15.5. The first-order valence-corrected chi connectivity index (χ1v) is 14.1. The van der Waals surface area contributed by atoms with Gasteiger partial charge in [0.15, 0.2) is 5.82 Å². The summed E-state index contributed by atoms with van der Waals surface area (Å²) in [6.45, 7) is 5.73. The molecule has 0 aliphatic carbocycles. The second-order valence-corrected chi connectivity index (χ2v) is 11.1. The summed E-state index contributed by atoms with van der Waals surface area (Å²) in [5.41, 5.74) is 1.05. The Kier molecular flexibility index (Phi) is 7.37. The topological polar surface area (TPSA) is 108 Å². The molecule has 0 spiro atoms. The second-order valence-electron chi connectivity index (χ2n) is 11.1. The molecule has 2 fully saturated rings. The maximum absolute atomic E-state index is 15.5. The monoisotopic (exact) mass is 562 g/mol. The molecule has 4 aromatic rings. The molecule has 2 aliphatic rings. The average molecular weight is 563 g/mol. The zero-order valence-corrected chi connectivity index (χ0v) is 23.1. The Labute approximate surface area is 236 Å². The number of likely N-dealkylation sites (tertiary alicyclic amines) is 1. The number of piperidine rings is 1. The zero-order chi connectivity index (χ0) is 28.7. The molecule has 0 unspecified atom stereocenters. The third-order valence-corrected chi connectivity index (χ3v) is 8.15. The fraction of sp³-hybridized carbons (Fsp3) is 0.433. The van der Waals surface area contributed by atoms with Gasteiger partial charge in [-0.3, -0.25) is 4.79 Å². The number of halogens is 2. The molecule has 214 valence electrons. The first kappa shape index (κ1) is 27.2. The number of carbonyl (C=O) groups is 1. The minimum Gasteiger partial charge on any atom is -0.394 e. The first-order valence-electron chi connectivity index (χ1n) is 14.1. The van der Waals surface area contributed by atoms with Crippen LogP contribution in [0.3, 0.4) is 0 Å². The molecule has 2 aromatic carbocycles. The van der Waals surface area contributed by atoms with E-state index in [0.29, 0.717) is 54.5 Å². The van der Waals surface area contributed by atoms with E-state index in [1.807, 2.05) is 13.8 Å². The summed E-state index contributed by atoms with van der Waals surface area (Å²) in [6.07, 6.45) is 4.49. The van der Waals surface area contributed by atoms with Crippen molar-refractivity contribution in [1.82, 2.24) is 25.0 Å². The van der Waals surface area contributed by atoms with Crippen LogP contribution in [0, 0.1) is 11.6 Å². The van der Waals surface area contributed by atoms with Crippen LogP contribution in [0.4, 0.5) is 14.6 Å². The Balaban J connectivity index is 1.28. The number of carbonyl (C=O) groups excluding carboxylic acids is 1. The fourth-order valence-corrected chi connectivity index (χ4v) is 5.90. The number of amides is 1. The molecule has 1 atom stereocenters. The molecule has 9 nitrogen and oxygen atoms in total. The molecule has 4 heterocycles. The minimum absolute atomic E-state index is 0.128. The Bertz CT molecular complexity index is 1580. The fourth-order valence-electron chi connectivity index (χ4n) is 5.90. The number of anilines is 1. The van der Waals surface area contributed by atoms with E-state index < -0.39 is 11.6 Å². The molecule has 11 heteroatoms. The number of fused-ring (bicyclic) bond motifs is 1. The highest BCUT2D eigenvalue weighted by Gasteiger charge is 2.30. The van der Waals surface area contributed by atoms with Crippen molar-refractivity contribution in [2.24, 2.45) is 0 Å². The van der Waals surface area contributed by atoms with Crippen LogP contribution < -0.4 is 4.90 Å². The molecular formula is C30H32F2N6O3. The molecular weight excluding hydrogens is 530 g/mol. The van der Waals surface area contributed by atoms with Crippen molar-refractivity contribution in [2.45, 2.75) is 57.4 Å². The molecule has 0 saturated carbocycles. The maximum Gasteiger partial charge on any atom is 0.254 e. The van der Waals surface area contributed by atoms with Gasteiger partial charge >= 0.3 is 0 Å². The molecule has 0 bridgehead atoms. The van der Waals surface area contributed by atoms with E-state index in [2.05, 4.69) is 25.0 Å². The normalized spacial score (nSPS) is 18.1. The SMILES string of the molecule is CC(C)c1nc(C2CCN(c3ncnc4c(-c5ccc(C(=O)N6CCC[C@@H]6CO)cc5F)cc(F)cc34)CC2)no1. The number of rotatable bonds is 6. The van der Waals surface area contributed by atoms with E-state index in [-0.39, 0.29) is 47.1 Å². The van der Waals surface area contributed by atoms with Crippen LogP contribution in [0.1, 0.15) is 73.4 Å². The van der Waals surface area contributed by atoms with Gasteiger partial charge in [0.1, 0.15) is 23.8 Å². The highest BCUT2D eigenvalue weighted by atomic mass is 19.1. The van der Waals surface area contributed by atoms with Crippen LogP contribution in [-0.2, 0) is 0 Å². The van der Waals surface area contributed by atoms with Gasteiger partial charge in [-0.2, -0.15) is 4.98 Å². The average Bonchev–Trinajstić information content (AvgIpc) is 3.67. The summed E-state index contributed by atoms with van der Waals surface area (Å²) in [5.74, 6) is 0.736. The first-order chi connectivity index (χ1) is 19.8. The lowest BCUT2D eigenvalue weighted by Crippen LogP contribution is -2.37. The lowest BCUT2D eigenvalue weighted by Gasteiger charge is -2.32. The number of aliphatic hydroxyl groups is 1. The number of hydrogen-bond donors (Lipinski definition) is 1.